The van der Waals surface area contributed by atoms with Gasteiger partial charge in [-0.15, -0.1) is 11.8 Å². The van der Waals surface area contributed by atoms with Gasteiger partial charge in [0.15, 0.2) is 0 Å². The molecule has 98 valence electrons. The van der Waals surface area contributed by atoms with Gasteiger partial charge >= 0.3 is 0 Å². The van der Waals surface area contributed by atoms with Crippen molar-refractivity contribution in [2.24, 2.45) is 0 Å². The van der Waals surface area contributed by atoms with Gasteiger partial charge < -0.3 is 5.32 Å². The van der Waals surface area contributed by atoms with E-state index in [4.69, 9.17) is 0 Å². The highest BCUT2D eigenvalue weighted by Gasteiger charge is 2.04. The molecule has 19 heavy (non-hydrogen) atoms. The smallest absolute Gasteiger partial charge is 0.226 e. The van der Waals surface area contributed by atoms with Crippen molar-refractivity contribution in [1.82, 2.24) is 9.97 Å². The van der Waals surface area contributed by atoms with Crippen LogP contribution in [0.5, 0.6) is 0 Å². The molecule has 0 unspecified atom stereocenters. The summed E-state index contributed by atoms with van der Waals surface area (Å²) >= 11 is 1.57. The van der Waals surface area contributed by atoms with E-state index in [1.54, 1.807) is 24.2 Å². The number of hydrogen-bond acceptors (Lipinski definition) is 4. The van der Waals surface area contributed by atoms with E-state index in [0.717, 1.165) is 10.6 Å². The molecule has 0 bridgehead atoms. The molecule has 0 saturated heterocycles. The Morgan fingerprint density at radius 1 is 1.26 bits per heavy atom. The molecule has 0 aromatic carbocycles. The zero-order chi connectivity index (χ0) is 13.5. The maximum atomic E-state index is 11.7. The van der Waals surface area contributed by atoms with Crippen LogP contribution in [0.1, 0.15) is 12.0 Å². The summed E-state index contributed by atoms with van der Waals surface area (Å²) in [6.07, 6.45) is 3.88. The molecule has 0 spiro atoms. The molecule has 0 atom stereocenters. The number of aromatic nitrogens is 2. The number of rotatable bonds is 5. The van der Waals surface area contributed by atoms with Gasteiger partial charge in [-0.3, -0.25) is 4.79 Å². The number of hydrogen-bond donors (Lipinski definition) is 1. The lowest BCUT2D eigenvalue weighted by Gasteiger charge is -2.04. The SMILES string of the molecule is Cc1ccnc(NC(=O)CCSc2ccccn2)c1. The standard InChI is InChI=1S/C14H15N3OS/c1-11-5-8-15-12(10-11)17-13(18)6-9-19-14-4-2-3-7-16-14/h2-5,7-8,10H,6,9H2,1H3,(H,15,17,18). The molecule has 0 fully saturated rings. The van der Waals surface area contributed by atoms with Crippen molar-refractivity contribution in [2.45, 2.75) is 18.4 Å². The van der Waals surface area contributed by atoms with E-state index >= 15 is 0 Å². The lowest BCUT2D eigenvalue weighted by molar-refractivity contribution is -0.115. The van der Waals surface area contributed by atoms with Gasteiger partial charge in [-0.1, -0.05) is 6.07 Å². The molecule has 0 radical (unpaired) electrons. The number of anilines is 1. The molecule has 2 aromatic rings. The third-order valence-electron chi connectivity index (χ3n) is 2.40. The van der Waals surface area contributed by atoms with E-state index in [0.29, 0.717) is 18.0 Å². The van der Waals surface area contributed by atoms with Crippen LogP contribution in [-0.4, -0.2) is 21.6 Å². The predicted octanol–water partition coefficient (Wildman–Crippen LogP) is 2.91. The van der Waals surface area contributed by atoms with Gasteiger partial charge in [-0.25, -0.2) is 9.97 Å². The second-order valence-electron chi connectivity index (χ2n) is 4.03. The maximum Gasteiger partial charge on any atom is 0.226 e. The van der Waals surface area contributed by atoms with Gasteiger partial charge in [0.05, 0.1) is 5.03 Å². The fraction of sp³-hybridized carbons (Fsp3) is 0.214. The van der Waals surface area contributed by atoms with Crippen LogP contribution in [0.25, 0.3) is 0 Å². The number of carbonyl (C=O) groups excluding carboxylic acids is 1. The van der Waals surface area contributed by atoms with E-state index in [9.17, 15) is 4.79 Å². The van der Waals surface area contributed by atoms with Crippen LogP contribution in [0, 0.1) is 6.92 Å². The number of amides is 1. The number of nitrogens with zero attached hydrogens (tertiary/aromatic N) is 2. The zero-order valence-corrected chi connectivity index (χ0v) is 11.5. The van der Waals surface area contributed by atoms with Crippen LogP contribution in [0.3, 0.4) is 0 Å². The molecule has 1 N–H and O–H groups in total. The Kier molecular flexibility index (Phi) is 4.92. The normalized spacial score (nSPS) is 10.2. The molecule has 2 aromatic heterocycles. The van der Waals surface area contributed by atoms with Crippen molar-refractivity contribution in [2.75, 3.05) is 11.1 Å². The van der Waals surface area contributed by atoms with E-state index < -0.39 is 0 Å². The minimum Gasteiger partial charge on any atom is -0.311 e. The summed E-state index contributed by atoms with van der Waals surface area (Å²) in [7, 11) is 0. The van der Waals surface area contributed by atoms with E-state index in [1.165, 1.54) is 0 Å². The van der Waals surface area contributed by atoms with Crippen molar-refractivity contribution in [1.29, 1.82) is 0 Å². The summed E-state index contributed by atoms with van der Waals surface area (Å²) in [6, 6.07) is 9.49. The minimum atomic E-state index is -0.0264. The minimum absolute atomic E-state index is 0.0264. The van der Waals surface area contributed by atoms with Crippen LogP contribution in [0.15, 0.2) is 47.8 Å². The lowest BCUT2D eigenvalue weighted by Crippen LogP contribution is -2.13. The highest BCUT2D eigenvalue weighted by Crippen LogP contribution is 2.15. The number of aryl methyl sites for hydroxylation is 1. The largest absolute Gasteiger partial charge is 0.311 e. The summed E-state index contributed by atoms with van der Waals surface area (Å²) in [5.74, 6) is 1.28. The fourth-order valence-electron chi connectivity index (χ4n) is 1.49. The van der Waals surface area contributed by atoms with Crippen molar-refractivity contribution in [3.8, 4) is 0 Å². The molecular weight excluding hydrogens is 258 g/mol. The summed E-state index contributed by atoms with van der Waals surface area (Å²) in [6.45, 7) is 1.97. The number of pyridine rings is 2. The van der Waals surface area contributed by atoms with Gasteiger partial charge in [0.25, 0.3) is 0 Å². The van der Waals surface area contributed by atoms with Gasteiger partial charge in [-0.05, 0) is 36.8 Å². The van der Waals surface area contributed by atoms with Gasteiger partial charge in [0, 0.05) is 24.6 Å². The van der Waals surface area contributed by atoms with Gasteiger partial charge in [0.2, 0.25) is 5.91 Å². The van der Waals surface area contributed by atoms with Gasteiger partial charge in [-0.2, -0.15) is 0 Å². The zero-order valence-electron chi connectivity index (χ0n) is 10.7. The monoisotopic (exact) mass is 273 g/mol. The third-order valence-corrected chi connectivity index (χ3v) is 3.35. The molecule has 5 heteroatoms. The van der Waals surface area contributed by atoms with Crippen LogP contribution >= 0.6 is 11.8 Å². The Morgan fingerprint density at radius 2 is 2.16 bits per heavy atom. The Balaban J connectivity index is 1.76. The first kappa shape index (κ1) is 13.5. The number of carbonyl (C=O) groups is 1. The Labute approximate surface area is 116 Å². The highest BCUT2D eigenvalue weighted by molar-refractivity contribution is 7.99. The van der Waals surface area contributed by atoms with E-state index in [1.807, 2.05) is 37.3 Å². The molecule has 0 aliphatic rings. The molecule has 0 saturated carbocycles. The molecule has 0 aliphatic carbocycles. The number of thioether (sulfide) groups is 1. The third kappa shape index (κ3) is 4.71. The average Bonchev–Trinajstić information content (AvgIpc) is 2.40. The van der Waals surface area contributed by atoms with Gasteiger partial charge in [0.1, 0.15) is 5.82 Å². The molecular formula is C14H15N3OS. The first-order valence-corrected chi connectivity index (χ1v) is 6.99. The molecule has 4 nitrogen and oxygen atoms in total. The predicted molar refractivity (Wildman–Crippen MR) is 77.2 cm³/mol. The molecule has 0 aliphatic heterocycles. The lowest BCUT2D eigenvalue weighted by atomic mass is 10.3. The van der Waals surface area contributed by atoms with Crippen molar-refractivity contribution < 1.29 is 4.79 Å². The van der Waals surface area contributed by atoms with Crippen molar-refractivity contribution >= 4 is 23.5 Å². The van der Waals surface area contributed by atoms with E-state index in [2.05, 4.69) is 15.3 Å². The van der Waals surface area contributed by atoms with Crippen LogP contribution in [0.4, 0.5) is 5.82 Å². The van der Waals surface area contributed by atoms with Crippen LogP contribution in [-0.2, 0) is 4.79 Å². The van der Waals surface area contributed by atoms with Crippen molar-refractivity contribution in [3.05, 3.63) is 48.3 Å². The molecule has 2 rings (SSSR count). The van der Waals surface area contributed by atoms with E-state index in [-0.39, 0.29) is 5.91 Å². The average molecular weight is 273 g/mol. The Bertz CT molecular complexity index is 545. The maximum absolute atomic E-state index is 11.7. The summed E-state index contributed by atoms with van der Waals surface area (Å²) < 4.78 is 0. The second kappa shape index (κ2) is 6.89. The molecule has 1 amide bonds. The fourth-order valence-corrected chi connectivity index (χ4v) is 2.30. The summed E-state index contributed by atoms with van der Waals surface area (Å²) in [4.78, 5) is 20.0. The molecule has 2 heterocycles. The second-order valence-corrected chi connectivity index (χ2v) is 5.15. The van der Waals surface area contributed by atoms with Crippen LogP contribution in [0.2, 0.25) is 0 Å². The quantitative estimate of drug-likeness (QED) is 0.851. The Morgan fingerprint density at radius 3 is 2.89 bits per heavy atom. The summed E-state index contributed by atoms with van der Waals surface area (Å²) in [5.41, 5.74) is 1.08. The first-order chi connectivity index (χ1) is 9.24. The van der Waals surface area contributed by atoms with Crippen LogP contribution < -0.4 is 5.32 Å². The van der Waals surface area contributed by atoms with Crippen molar-refractivity contribution in [3.63, 3.8) is 0 Å². The summed E-state index contributed by atoms with van der Waals surface area (Å²) in [5, 5.41) is 3.72. The Hall–Kier alpha value is -1.88. The number of nitrogens with one attached hydrogen (secondary N) is 1. The first-order valence-electron chi connectivity index (χ1n) is 6.00. The topological polar surface area (TPSA) is 54.9 Å². The highest BCUT2D eigenvalue weighted by atomic mass is 32.2.